The molecule has 18 heavy (non-hydrogen) atoms. The van der Waals surface area contributed by atoms with E-state index in [1.165, 1.54) is 0 Å². The van der Waals surface area contributed by atoms with Gasteiger partial charge in [0.15, 0.2) is 0 Å². The minimum atomic E-state index is -0.451. The quantitative estimate of drug-likeness (QED) is 0.745. The van der Waals surface area contributed by atoms with Gasteiger partial charge in [0.05, 0.1) is 17.9 Å². The fourth-order valence-corrected chi connectivity index (χ4v) is 2.05. The number of nitrogens with two attached hydrogens (primary N) is 2. The Balaban J connectivity index is 3.18. The zero-order valence-corrected chi connectivity index (χ0v) is 11.1. The van der Waals surface area contributed by atoms with Crippen molar-refractivity contribution < 1.29 is 9.53 Å². The molecule has 0 fully saturated rings. The van der Waals surface area contributed by atoms with Gasteiger partial charge in [-0.05, 0) is 32.0 Å². The fourth-order valence-electron chi connectivity index (χ4n) is 2.05. The molecule has 0 spiro atoms. The molecule has 0 bridgehead atoms. The normalized spacial score (nSPS) is 12.2. The molecule has 0 heterocycles. The van der Waals surface area contributed by atoms with Gasteiger partial charge >= 0.3 is 0 Å². The van der Waals surface area contributed by atoms with E-state index in [-0.39, 0.29) is 6.04 Å². The molecule has 0 aliphatic heterocycles. The second-order valence-electron chi connectivity index (χ2n) is 4.23. The van der Waals surface area contributed by atoms with Gasteiger partial charge in [0, 0.05) is 25.4 Å². The minimum absolute atomic E-state index is 0.139. The van der Waals surface area contributed by atoms with Crippen LogP contribution in [0.25, 0.3) is 0 Å². The smallest absolute Gasteiger partial charge is 0.250 e. The van der Waals surface area contributed by atoms with Crippen molar-refractivity contribution in [3.05, 3.63) is 23.8 Å². The van der Waals surface area contributed by atoms with E-state index in [1.807, 2.05) is 13.8 Å². The summed E-state index contributed by atoms with van der Waals surface area (Å²) in [5.74, 6) is -0.451. The lowest BCUT2D eigenvalue weighted by Gasteiger charge is -2.31. The maximum atomic E-state index is 11.5. The van der Waals surface area contributed by atoms with E-state index in [4.69, 9.17) is 16.2 Å². The first kappa shape index (κ1) is 14.3. The van der Waals surface area contributed by atoms with Crippen molar-refractivity contribution in [2.45, 2.75) is 19.9 Å². The summed E-state index contributed by atoms with van der Waals surface area (Å²) in [5.41, 5.74) is 13.0. The first-order valence-electron chi connectivity index (χ1n) is 5.96. The number of carbonyl (C=O) groups is 1. The Morgan fingerprint density at radius 3 is 2.67 bits per heavy atom. The van der Waals surface area contributed by atoms with Crippen molar-refractivity contribution in [2.24, 2.45) is 5.73 Å². The standard InChI is InChI=1S/C13H21N3O2/c1-4-16(9(2)8-18-3)12-7-10(14)5-6-11(12)13(15)17/h5-7,9H,4,8,14H2,1-3H3,(H2,15,17). The van der Waals surface area contributed by atoms with Crippen molar-refractivity contribution in [3.63, 3.8) is 0 Å². The van der Waals surface area contributed by atoms with E-state index in [2.05, 4.69) is 4.90 Å². The molecular formula is C13H21N3O2. The zero-order chi connectivity index (χ0) is 13.7. The summed E-state index contributed by atoms with van der Waals surface area (Å²) < 4.78 is 5.15. The van der Waals surface area contributed by atoms with Crippen LogP contribution in [0.5, 0.6) is 0 Å². The zero-order valence-electron chi connectivity index (χ0n) is 11.1. The number of amides is 1. The van der Waals surface area contributed by atoms with Gasteiger partial charge in [0.1, 0.15) is 0 Å². The first-order chi connectivity index (χ1) is 8.51. The van der Waals surface area contributed by atoms with Crippen molar-refractivity contribution in [3.8, 4) is 0 Å². The van der Waals surface area contributed by atoms with Gasteiger partial charge in [0.25, 0.3) is 5.91 Å². The summed E-state index contributed by atoms with van der Waals surface area (Å²) >= 11 is 0. The highest BCUT2D eigenvalue weighted by Crippen LogP contribution is 2.25. The molecule has 5 nitrogen and oxygen atoms in total. The van der Waals surface area contributed by atoms with Crippen LogP contribution in [-0.2, 0) is 4.74 Å². The Bertz CT molecular complexity index is 421. The lowest BCUT2D eigenvalue weighted by molar-refractivity contribution is 0.100. The molecule has 0 saturated heterocycles. The number of primary amides is 1. The molecule has 1 atom stereocenters. The van der Waals surface area contributed by atoms with Gasteiger partial charge in [0.2, 0.25) is 0 Å². The Hall–Kier alpha value is -1.75. The largest absolute Gasteiger partial charge is 0.399 e. The number of anilines is 2. The maximum absolute atomic E-state index is 11.5. The van der Waals surface area contributed by atoms with E-state index >= 15 is 0 Å². The van der Waals surface area contributed by atoms with Crippen molar-refractivity contribution in [1.29, 1.82) is 0 Å². The lowest BCUT2D eigenvalue weighted by Crippen LogP contribution is -2.37. The predicted octanol–water partition coefficient (Wildman–Crippen LogP) is 1.23. The number of hydrogen-bond acceptors (Lipinski definition) is 4. The van der Waals surface area contributed by atoms with Crippen molar-refractivity contribution in [1.82, 2.24) is 0 Å². The molecule has 100 valence electrons. The highest BCUT2D eigenvalue weighted by Gasteiger charge is 2.18. The molecule has 0 aliphatic carbocycles. The molecule has 5 heteroatoms. The lowest BCUT2D eigenvalue weighted by atomic mass is 10.1. The Kier molecular flexibility index (Phi) is 4.97. The van der Waals surface area contributed by atoms with Crippen LogP contribution in [0.15, 0.2) is 18.2 Å². The second kappa shape index (κ2) is 6.26. The Labute approximate surface area is 108 Å². The SMILES string of the molecule is CCN(c1cc(N)ccc1C(N)=O)C(C)COC. The van der Waals surface area contributed by atoms with Crippen LogP contribution in [-0.4, -0.2) is 32.2 Å². The third-order valence-electron chi connectivity index (χ3n) is 2.88. The van der Waals surface area contributed by atoms with E-state index in [1.54, 1.807) is 25.3 Å². The van der Waals surface area contributed by atoms with Crippen LogP contribution in [0.2, 0.25) is 0 Å². The molecule has 1 unspecified atom stereocenters. The van der Waals surface area contributed by atoms with Gasteiger partial charge < -0.3 is 21.1 Å². The number of methoxy groups -OCH3 is 1. The number of ether oxygens (including phenoxy) is 1. The Morgan fingerprint density at radius 2 is 2.17 bits per heavy atom. The summed E-state index contributed by atoms with van der Waals surface area (Å²) in [4.78, 5) is 13.5. The third kappa shape index (κ3) is 3.13. The fraction of sp³-hybridized carbons (Fsp3) is 0.462. The molecule has 0 saturated carbocycles. The van der Waals surface area contributed by atoms with Crippen LogP contribution in [0.4, 0.5) is 11.4 Å². The number of benzene rings is 1. The van der Waals surface area contributed by atoms with E-state index in [9.17, 15) is 4.79 Å². The number of rotatable bonds is 6. The number of nitrogen functional groups attached to an aromatic ring is 1. The molecule has 4 N–H and O–H groups in total. The summed E-state index contributed by atoms with van der Waals surface area (Å²) in [6, 6.07) is 5.25. The van der Waals surface area contributed by atoms with E-state index in [0.29, 0.717) is 17.9 Å². The average Bonchev–Trinajstić information content (AvgIpc) is 2.30. The average molecular weight is 251 g/mol. The monoisotopic (exact) mass is 251 g/mol. The minimum Gasteiger partial charge on any atom is -0.399 e. The van der Waals surface area contributed by atoms with Gasteiger partial charge in [-0.1, -0.05) is 0 Å². The van der Waals surface area contributed by atoms with Crippen LogP contribution in [0, 0.1) is 0 Å². The number of hydrogen-bond donors (Lipinski definition) is 2. The molecule has 1 aromatic carbocycles. The number of carbonyl (C=O) groups excluding carboxylic acids is 1. The molecule has 1 aromatic rings. The van der Waals surface area contributed by atoms with E-state index in [0.717, 1.165) is 12.2 Å². The van der Waals surface area contributed by atoms with Crippen molar-refractivity contribution in [2.75, 3.05) is 30.9 Å². The molecule has 1 rings (SSSR count). The van der Waals surface area contributed by atoms with Crippen molar-refractivity contribution >= 4 is 17.3 Å². The molecule has 0 aromatic heterocycles. The van der Waals surface area contributed by atoms with Crippen LogP contribution >= 0.6 is 0 Å². The summed E-state index contributed by atoms with van der Waals surface area (Å²) in [7, 11) is 1.65. The maximum Gasteiger partial charge on any atom is 0.250 e. The summed E-state index contributed by atoms with van der Waals surface area (Å²) in [5, 5.41) is 0. The van der Waals surface area contributed by atoms with Crippen LogP contribution in [0.1, 0.15) is 24.2 Å². The summed E-state index contributed by atoms with van der Waals surface area (Å²) in [6.45, 7) is 5.36. The number of nitrogens with zero attached hydrogens (tertiary/aromatic N) is 1. The third-order valence-corrected chi connectivity index (χ3v) is 2.88. The number of likely N-dealkylation sites (N-methyl/N-ethyl adjacent to an activating group) is 1. The predicted molar refractivity (Wildman–Crippen MR) is 73.7 cm³/mol. The molecule has 0 radical (unpaired) electrons. The topological polar surface area (TPSA) is 81.6 Å². The second-order valence-corrected chi connectivity index (χ2v) is 4.23. The van der Waals surface area contributed by atoms with Gasteiger partial charge in [-0.15, -0.1) is 0 Å². The molecule has 0 aliphatic rings. The summed E-state index contributed by atoms with van der Waals surface area (Å²) in [6.07, 6.45) is 0. The highest BCUT2D eigenvalue weighted by atomic mass is 16.5. The van der Waals surface area contributed by atoms with Gasteiger partial charge in [-0.25, -0.2) is 0 Å². The van der Waals surface area contributed by atoms with Gasteiger partial charge in [-0.3, -0.25) is 4.79 Å². The Morgan fingerprint density at radius 1 is 1.50 bits per heavy atom. The first-order valence-corrected chi connectivity index (χ1v) is 5.96. The van der Waals surface area contributed by atoms with Gasteiger partial charge in [-0.2, -0.15) is 0 Å². The highest BCUT2D eigenvalue weighted by molar-refractivity contribution is 5.99. The molecule has 1 amide bonds. The molecular weight excluding hydrogens is 230 g/mol. The van der Waals surface area contributed by atoms with Crippen LogP contribution in [0.3, 0.4) is 0 Å². The van der Waals surface area contributed by atoms with Crippen LogP contribution < -0.4 is 16.4 Å². The van der Waals surface area contributed by atoms with E-state index < -0.39 is 5.91 Å².